The molecule has 1 aliphatic rings. The van der Waals surface area contributed by atoms with Crippen LogP contribution in [0, 0.1) is 0 Å². The molecule has 1 aliphatic heterocycles. The molecule has 6 nitrogen and oxygen atoms in total. The van der Waals surface area contributed by atoms with Crippen LogP contribution >= 0.6 is 0 Å². The van der Waals surface area contributed by atoms with Gasteiger partial charge in [0.2, 0.25) is 0 Å². The third-order valence-corrected chi connectivity index (χ3v) is 3.95. The Balaban J connectivity index is 1.55. The highest BCUT2D eigenvalue weighted by Crippen LogP contribution is 2.19. The molecule has 2 aromatic rings. The van der Waals surface area contributed by atoms with Crippen molar-refractivity contribution in [2.24, 2.45) is 0 Å². The van der Waals surface area contributed by atoms with E-state index in [0.717, 1.165) is 17.0 Å². The minimum Gasteiger partial charge on any atom is -0.491 e. The Bertz CT molecular complexity index is 769. The van der Waals surface area contributed by atoms with Gasteiger partial charge in [-0.3, -0.25) is 9.69 Å². The van der Waals surface area contributed by atoms with E-state index in [0.29, 0.717) is 25.3 Å². The average molecular weight is 354 g/mol. The monoisotopic (exact) mass is 354 g/mol. The summed E-state index contributed by atoms with van der Waals surface area (Å²) in [5, 5.41) is 2.89. The molecule has 136 valence electrons. The number of nitrogens with zero attached hydrogens (tertiary/aromatic N) is 1. The van der Waals surface area contributed by atoms with Crippen LogP contribution in [-0.4, -0.2) is 31.3 Å². The Labute approximate surface area is 152 Å². The Hall–Kier alpha value is -3.02. The van der Waals surface area contributed by atoms with E-state index in [1.54, 1.807) is 29.2 Å². The zero-order chi connectivity index (χ0) is 18.5. The molecule has 0 atom stereocenters. The fourth-order valence-corrected chi connectivity index (χ4v) is 2.66. The first-order valence-electron chi connectivity index (χ1n) is 8.61. The predicted octanol–water partition coefficient (Wildman–Crippen LogP) is 3.36. The summed E-state index contributed by atoms with van der Waals surface area (Å²) in [5.74, 6) is 0.647. The zero-order valence-corrected chi connectivity index (χ0v) is 14.9. The van der Waals surface area contributed by atoms with Crippen LogP contribution in [0.15, 0.2) is 48.5 Å². The molecule has 0 aromatic heterocycles. The van der Waals surface area contributed by atoms with E-state index in [4.69, 9.17) is 9.47 Å². The van der Waals surface area contributed by atoms with Gasteiger partial charge in [0, 0.05) is 17.8 Å². The molecular weight excluding hydrogens is 332 g/mol. The van der Waals surface area contributed by atoms with Gasteiger partial charge >= 0.3 is 6.09 Å². The summed E-state index contributed by atoms with van der Waals surface area (Å²) < 4.78 is 10.5. The summed E-state index contributed by atoms with van der Waals surface area (Å²) in [5.41, 5.74) is 2.26. The molecule has 2 amide bonds. The van der Waals surface area contributed by atoms with Crippen LogP contribution in [0.3, 0.4) is 0 Å². The third kappa shape index (κ3) is 4.33. The first kappa shape index (κ1) is 17.8. The first-order chi connectivity index (χ1) is 12.5. The van der Waals surface area contributed by atoms with Crippen LogP contribution in [0.5, 0.6) is 5.75 Å². The largest absolute Gasteiger partial charge is 0.491 e. The fourth-order valence-electron chi connectivity index (χ4n) is 2.66. The van der Waals surface area contributed by atoms with Crippen molar-refractivity contribution in [3.63, 3.8) is 0 Å². The fraction of sp³-hybridized carbons (Fsp3) is 0.300. The highest BCUT2D eigenvalue weighted by molar-refractivity contribution is 5.95. The van der Waals surface area contributed by atoms with Crippen molar-refractivity contribution in [3.8, 4) is 5.75 Å². The van der Waals surface area contributed by atoms with Gasteiger partial charge in [0.1, 0.15) is 12.4 Å². The SMILES string of the molecule is CC(C)Oc1ccc(CNC(=O)c2ccc(N3CCOC3=O)cc2)cc1. The second-order valence-corrected chi connectivity index (χ2v) is 6.31. The molecular formula is C20H22N2O4. The highest BCUT2D eigenvalue weighted by Gasteiger charge is 2.23. The standard InChI is InChI=1S/C20H22N2O4/c1-14(2)26-18-9-3-15(4-10-18)13-21-19(23)16-5-7-17(8-6-16)22-11-12-25-20(22)24/h3-10,14H,11-13H2,1-2H3,(H,21,23). The van der Waals surface area contributed by atoms with E-state index in [1.807, 2.05) is 38.1 Å². The van der Waals surface area contributed by atoms with E-state index < -0.39 is 0 Å². The molecule has 1 fully saturated rings. The second kappa shape index (κ2) is 7.91. The summed E-state index contributed by atoms with van der Waals surface area (Å²) in [6.07, 6.45) is -0.224. The van der Waals surface area contributed by atoms with Crippen LogP contribution in [0.4, 0.5) is 10.5 Å². The summed E-state index contributed by atoms with van der Waals surface area (Å²) >= 11 is 0. The molecule has 0 radical (unpaired) electrons. The smallest absolute Gasteiger partial charge is 0.414 e. The molecule has 1 heterocycles. The number of cyclic esters (lactones) is 1. The number of amides is 2. The van der Waals surface area contributed by atoms with Crippen LogP contribution in [0.25, 0.3) is 0 Å². The van der Waals surface area contributed by atoms with Gasteiger partial charge in [-0.2, -0.15) is 0 Å². The lowest BCUT2D eigenvalue weighted by atomic mass is 10.1. The lowest BCUT2D eigenvalue weighted by molar-refractivity contribution is 0.0951. The Morgan fingerprint density at radius 1 is 1.15 bits per heavy atom. The Morgan fingerprint density at radius 3 is 2.42 bits per heavy atom. The average Bonchev–Trinajstić information content (AvgIpc) is 3.06. The molecule has 0 saturated carbocycles. The van der Waals surface area contributed by atoms with Gasteiger partial charge in [0.05, 0.1) is 12.6 Å². The van der Waals surface area contributed by atoms with Gasteiger partial charge in [0.15, 0.2) is 0 Å². The van der Waals surface area contributed by atoms with Crippen molar-refractivity contribution in [1.29, 1.82) is 0 Å². The van der Waals surface area contributed by atoms with Gasteiger partial charge in [-0.05, 0) is 55.8 Å². The zero-order valence-electron chi connectivity index (χ0n) is 14.9. The number of carbonyl (C=O) groups is 2. The third-order valence-electron chi connectivity index (χ3n) is 3.95. The first-order valence-corrected chi connectivity index (χ1v) is 8.61. The minimum atomic E-state index is -0.355. The van der Waals surface area contributed by atoms with Gasteiger partial charge in [0.25, 0.3) is 5.91 Å². The number of hydrogen-bond acceptors (Lipinski definition) is 4. The number of anilines is 1. The summed E-state index contributed by atoms with van der Waals surface area (Å²) in [6, 6.07) is 14.6. The highest BCUT2D eigenvalue weighted by atomic mass is 16.6. The maximum Gasteiger partial charge on any atom is 0.414 e. The van der Waals surface area contributed by atoms with Crippen molar-refractivity contribution < 1.29 is 19.1 Å². The van der Waals surface area contributed by atoms with Gasteiger partial charge in [-0.25, -0.2) is 4.79 Å². The molecule has 0 unspecified atom stereocenters. The topological polar surface area (TPSA) is 67.9 Å². The number of benzene rings is 2. The van der Waals surface area contributed by atoms with Gasteiger partial charge in [-0.1, -0.05) is 12.1 Å². The van der Waals surface area contributed by atoms with Crippen LogP contribution < -0.4 is 15.0 Å². The molecule has 0 bridgehead atoms. The molecule has 26 heavy (non-hydrogen) atoms. The van der Waals surface area contributed by atoms with Gasteiger partial charge in [-0.15, -0.1) is 0 Å². The van der Waals surface area contributed by atoms with Crippen molar-refractivity contribution in [2.75, 3.05) is 18.1 Å². The molecule has 6 heteroatoms. The van der Waals surface area contributed by atoms with E-state index in [1.165, 1.54) is 0 Å². The Morgan fingerprint density at radius 2 is 1.85 bits per heavy atom. The van der Waals surface area contributed by atoms with Crippen molar-refractivity contribution in [3.05, 3.63) is 59.7 Å². The normalized spacial score (nSPS) is 13.7. The molecule has 3 rings (SSSR count). The molecule has 0 aliphatic carbocycles. The lowest BCUT2D eigenvalue weighted by Crippen LogP contribution is -2.24. The number of carbonyl (C=O) groups excluding carboxylic acids is 2. The second-order valence-electron chi connectivity index (χ2n) is 6.31. The molecule has 0 spiro atoms. The van der Waals surface area contributed by atoms with E-state index in [9.17, 15) is 9.59 Å². The van der Waals surface area contributed by atoms with Gasteiger partial charge < -0.3 is 14.8 Å². The lowest BCUT2D eigenvalue weighted by Gasteiger charge is -2.13. The number of nitrogens with one attached hydrogen (secondary N) is 1. The van der Waals surface area contributed by atoms with Crippen LogP contribution in [-0.2, 0) is 11.3 Å². The van der Waals surface area contributed by atoms with Crippen molar-refractivity contribution in [1.82, 2.24) is 5.32 Å². The van der Waals surface area contributed by atoms with E-state index >= 15 is 0 Å². The van der Waals surface area contributed by atoms with Crippen molar-refractivity contribution in [2.45, 2.75) is 26.5 Å². The van der Waals surface area contributed by atoms with E-state index in [-0.39, 0.29) is 18.1 Å². The van der Waals surface area contributed by atoms with Crippen LogP contribution in [0.2, 0.25) is 0 Å². The maximum absolute atomic E-state index is 12.3. The summed E-state index contributed by atoms with van der Waals surface area (Å²) in [7, 11) is 0. The molecule has 1 N–H and O–H groups in total. The maximum atomic E-state index is 12.3. The molecule has 1 saturated heterocycles. The number of hydrogen-bond donors (Lipinski definition) is 1. The van der Waals surface area contributed by atoms with Crippen molar-refractivity contribution >= 4 is 17.7 Å². The quantitative estimate of drug-likeness (QED) is 0.864. The number of rotatable bonds is 6. The predicted molar refractivity (Wildman–Crippen MR) is 98.5 cm³/mol. The Kier molecular flexibility index (Phi) is 5.41. The molecule has 2 aromatic carbocycles. The number of ether oxygens (including phenoxy) is 2. The van der Waals surface area contributed by atoms with E-state index in [2.05, 4.69) is 5.32 Å². The summed E-state index contributed by atoms with van der Waals surface area (Å²) in [4.78, 5) is 25.4. The summed E-state index contributed by atoms with van der Waals surface area (Å²) in [6.45, 7) is 5.31. The minimum absolute atomic E-state index is 0.131. The van der Waals surface area contributed by atoms with Crippen LogP contribution in [0.1, 0.15) is 29.8 Å².